The smallest absolute Gasteiger partial charge is 0.0703 e. The van der Waals surface area contributed by atoms with Crippen LogP contribution in [-0.4, -0.2) is 35.1 Å². The number of nitrogens with zero attached hydrogens (tertiary/aromatic N) is 2. The van der Waals surface area contributed by atoms with Gasteiger partial charge >= 0.3 is 0 Å². The summed E-state index contributed by atoms with van der Waals surface area (Å²) in [6.07, 6.45) is 5.26. The highest BCUT2D eigenvalue weighted by Gasteiger charge is 2.17. The highest BCUT2D eigenvalue weighted by molar-refractivity contribution is 5.07. The minimum Gasteiger partial charge on any atom is -0.377 e. The highest BCUT2D eigenvalue weighted by Crippen LogP contribution is 2.08. The van der Waals surface area contributed by atoms with E-state index in [9.17, 15) is 0 Å². The standard InChI is InChI=1S/C13H25N3O/c1-5-14-13(11(4)17-7-3)8-12-9-15-16(6-2)10-12/h9-11,13-14H,5-8H2,1-4H3. The van der Waals surface area contributed by atoms with Crippen LogP contribution in [0.15, 0.2) is 12.4 Å². The number of ether oxygens (including phenoxy) is 1. The second-order valence-electron chi connectivity index (χ2n) is 4.23. The number of likely N-dealkylation sites (N-methyl/N-ethyl adjacent to an activating group) is 1. The van der Waals surface area contributed by atoms with E-state index in [0.717, 1.165) is 26.1 Å². The molecule has 0 saturated carbocycles. The van der Waals surface area contributed by atoms with Crippen molar-refractivity contribution >= 4 is 0 Å². The third-order valence-electron chi connectivity index (χ3n) is 2.93. The molecule has 0 aliphatic heterocycles. The summed E-state index contributed by atoms with van der Waals surface area (Å²) >= 11 is 0. The predicted octanol–water partition coefficient (Wildman–Crippen LogP) is 1.85. The van der Waals surface area contributed by atoms with Crippen molar-refractivity contribution in [3.8, 4) is 0 Å². The van der Waals surface area contributed by atoms with Crippen LogP contribution in [0.2, 0.25) is 0 Å². The zero-order valence-electron chi connectivity index (χ0n) is 11.4. The fourth-order valence-electron chi connectivity index (χ4n) is 1.98. The van der Waals surface area contributed by atoms with E-state index < -0.39 is 0 Å². The minimum absolute atomic E-state index is 0.227. The van der Waals surface area contributed by atoms with Crippen molar-refractivity contribution in [1.82, 2.24) is 15.1 Å². The molecule has 0 bridgehead atoms. The number of hydrogen-bond acceptors (Lipinski definition) is 3. The Morgan fingerprint density at radius 2 is 2.18 bits per heavy atom. The van der Waals surface area contributed by atoms with Crippen LogP contribution in [0.3, 0.4) is 0 Å². The molecule has 0 aromatic carbocycles. The quantitative estimate of drug-likeness (QED) is 0.752. The molecule has 1 aromatic heterocycles. The summed E-state index contributed by atoms with van der Waals surface area (Å²) in [6, 6.07) is 0.356. The third-order valence-corrected chi connectivity index (χ3v) is 2.93. The van der Waals surface area contributed by atoms with E-state index in [-0.39, 0.29) is 6.10 Å². The number of rotatable bonds is 8. The normalized spacial score (nSPS) is 14.8. The molecule has 2 unspecified atom stereocenters. The Bertz CT molecular complexity index is 311. The van der Waals surface area contributed by atoms with Crippen molar-refractivity contribution in [1.29, 1.82) is 0 Å². The van der Waals surface area contributed by atoms with Gasteiger partial charge in [-0.2, -0.15) is 5.10 Å². The molecular weight excluding hydrogens is 214 g/mol. The monoisotopic (exact) mass is 239 g/mol. The topological polar surface area (TPSA) is 39.1 Å². The Hall–Kier alpha value is -0.870. The molecule has 1 heterocycles. The molecule has 1 rings (SSSR count). The van der Waals surface area contributed by atoms with Crippen molar-refractivity contribution < 1.29 is 4.74 Å². The van der Waals surface area contributed by atoms with Gasteiger partial charge in [-0.05, 0) is 39.3 Å². The van der Waals surface area contributed by atoms with Gasteiger partial charge in [0, 0.05) is 25.4 Å². The van der Waals surface area contributed by atoms with Gasteiger partial charge < -0.3 is 10.1 Å². The fraction of sp³-hybridized carbons (Fsp3) is 0.769. The van der Waals surface area contributed by atoms with Gasteiger partial charge in [0.05, 0.1) is 12.3 Å². The molecule has 0 spiro atoms. The second-order valence-corrected chi connectivity index (χ2v) is 4.23. The summed E-state index contributed by atoms with van der Waals surface area (Å²) < 4.78 is 7.63. The summed E-state index contributed by atoms with van der Waals surface area (Å²) in [5.41, 5.74) is 1.27. The van der Waals surface area contributed by atoms with Crippen molar-refractivity contribution in [2.24, 2.45) is 0 Å². The van der Waals surface area contributed by atoms with Crippen LogP contribution in [0.4, 0.5) is 0 Å². The molecule has 1 N–H and O–H groups in total. The molecule has 0 aliphatic carbocycles. The molecule has 4 nitrogen and oxygen atoms in total. The highest BCUT2D eigenvalue weighted by atomic mass is 16.5. The Morgan fingerprint density at radius 1 is 1.41 bits per heavy atom. The predicted molar refractivity (Wildman–Crippen MR) is 70.2 cm³/mol. The van der Waals surface area contributed by atoms with E-state index in [4.69, 9.17) is 4.74 Å². The Morgan fingerprint density at radius 3 is 2.71 bits per heavy atom. The van der Waals surface area contributed by atoms with Crippen molar-refractivity contribution in [2.75, 3.05) is 13.2 Å². The lowest BCUT2D eigenvalue weighted by atomic mass is 10.0. The van der Waals surface area contributed by atoms with Gasteiger partial charge in [-0.25, -0.2) is 0 Å². The van der Waals surface area contributed by atoms with Crippen molar-refractivity contribution in [2.45, 2.75) is 52.8 Å². The first kappa shape index (κ1) is 14.2. The van der Waals surface area contributed by atoms with Crippen LogP contribution >= 0.6 is 0 Å². The number of aromatic nitrogens is 2. The van der Waals surface area contributed by atoms with E-state index in [0.29, 0.717) is 6.04 Å². The molecule has 0 fully saturated rings. The van der Waals surface area contributed by atoms with Crippen molar-refractivity contribution in [3.63, 3.8) is 0 Å². The molecule has 4 heteroatoms. The van der Waals surface area contributed by atoms with Crippen LogP contribution in [0, 0.1) is 0 Å². The Labute approximate surface area is 104 Å². The van der Waals surface area contributed by atoms with Gasteiger partial charge in [-0.3, -0.25) is 4.68 Å². The Balaban J connectivity index is 2.58. The molecule has 98 valence electrons. The lowest BCUT2D eigenvalue weighted by molar-refractivity contribution is 0.0480. The zero-order valence-corrected chi connectivity index (χ0v) is 11.4. The second kappa shape index (κ2) is 7.45. The van der Waals surface area contributed by atoms with Gasteiger partial charge in [0.1, 0.15) is 0 Å². The first-order chi connectivity index (χ1) is 8.21. The zero-order chi connectivity index (χ0) is 12.7. The maximum absolute atomic E-state index is 5.67. The summed E-state index contributed by atoms with van der Waals surface area (Å²) in [7, 11) is 0. The lowest BCUT2D eigenvalue weighted by Gasteiger charge is -2.24. The molecule has 0 aliphatic rings. The first-order valence-corrected chi connectivity index (χ1v) is 6.57. The molecule has 17 heavy (non-hydrogen) atoms. The largest absolute Gasteiger partial charge is 0.377 e. The van der Waals surface area contributed by atoms with Gasteiger partial charge in [-0.1, -0.05) is 6.92 Å². The number of nitrogens with one attached hydrogen (secondary N) is 1. The van der Waals surface area contributed by atoms with Gasteiger partial charge in [-0.15, -0.1) is 0 Å². The van der Waals surface area contributed by atoms with Crippen molar-refractivity contribution in [3.05, 3.63) is 18.0 Å². The van der Waals surface area contributed by atoms with Gasteiger partial charge in [0.25, 0.3) is 0 Å². The summed E-state index contributed by atoms with van der Waals surface area (Å²) in [4.78, 5) is 0. The average molecular weight is 239 g/mol. The average Bonchev–Trinajstić information content (AvgIpc) is 2.76. The number of aryl methyl sites for hydroxylation is 1. The van der Waals surface area contributed by atoms with Gasteiger partial charge in [0.15, 0.2) is 0 Å². The third kappa shape index (κ3) is 4.48. The van der Waals surface area contributed by atoms with E-state index in [1.54, 1.807) is 0 Å². The maximum Gasteiger partial charge on any atom is 0.0703 e. The molecule has 0 amide bonds. The molecule has 0 saturated heterocycles. The van der Waals surface area contributed by atoms with Crippen LogP contribution in [-0.2, 0) is 17.7 Å². The number of hydrogen-bond donors (Lipinski definition) is 1. The van der Waals surface area contributed by atoms with E-state index >= 15 is 0 Å². The summed E-state index contributed by atoms with van der Waals surface area (Å²) in [5, 5.41) is 7.78. The maximum atomic E-state index is 5.67. The van der Waals surface area contributed by atoms with Crippen LogP contribution < -0.4 is 5.32 Å². The van der Waals surface area contributed by atoms with E-state index in [2.05, 4.69) is 37.4 Å². The molecule has 2 atom stereocenters. The fourth-order valence-corrected chi connectivity index (χ4v) is 1.98. The van der Waals surface area contributed by atoms with Crippen LogP contribution in [0.1, 0.15) is 33.3 Å². The molecular formula is C13H25N3O. The minimum atomic E-state index is 0.227. The molecule has 1 aromatic rings. The lowest BCUT2D eigenvalue weighted by Crippen LogP contribution is -2.41. The van der Waals surface area contributed by atoms with Crippen LogP contribution in [0.25, 0.3) is 0 Å². The Kier molecular flexibility index (Phi) is 6.22. The first-order valence-electron chi connectivity index (χ1n) is 6.57. The molecule has 0 radical (unpaired) electrons. The summed E-state index contributed by atoms with van der Waals surface area (Å²) in [5.74, 6) is 0. The summed E-state index contributed by atoms with van der Waals surface area (Å²) in [6.45, 7) is 11.0. The van der Waals surface area contributed by atoms with E-state index in [1.165, 1.54) is 5.56 Å². The van der Waals surface area contributed by atoms with Gasteiger partial charge in [0.2, 0.25) is 0 Å². The van der Waals surface area contributed by atoms with E-state index in [1.807, 2.05) is 17.8 Å². The van der Waals surface area contributed by atoms with Crippen LogP contribution in [0.5, 0.6) is 0 Å². The SMILES string of the molecule is CCNC(Cc1cnn(CC)c1)C(C)OCC.